The highest BCUT2D eigenvalue weighted by molar-refractivity contribution is 9.10. The lowest BCUT2D eigenvalue weighted by Gasteiger charge is -2.13. The van der Waals surface area contributed by atoms with Crippen molar-refractivity contribution >= 4 is 44.3 Å². The van der Waals surface area contributed by atoms with Gasteiger partial charge < -0.3 is 15.4 Å². The van der Waals surface area contributed by atoms with Gasteiger partial charge in [0, 0.05) is 29.7 Å². The number of alkyl halides is 6. The fourth-order valence-corrected chi connectivity index (χ4v) is 4.30. The molecule has 3 heterocycles. The van der Waals surface area contributed by atoms with Gasteiger partial charge in [0.05, 0.1) is 46.9 Å². The summed E-state index contributed by atoms with van der Waals surface area (Å²) in [5.41, 5.74) is -3.93. The summed E-state index contributed by atoms with van der Waals surface area (Å²) in [6.07, 6.45) is -8.69. The Morgan fingerprint density at radius 3 is 2.38 bits per heavy atom. The summed E-state index contributed by atoms with van der Waals surface area (Å²) in [6.45, 7) is 1.56. The molecule has 2 N–H and O–H groups in total. The first-order valence-corrected chi connectivity index (χ1v) is 12.8. The van der Waals surface area contributed by atoms with Crippen LogP contribution in [0.15, 0.2) is 47.1 Å². The summed E-state index contributed by atoms with van der Waals surface area (Å²) in [5.74, 6) is -1.64. The molecule has 0 unspecified atom stereocenters. The molecule has 0 aliphatic heterocycles. The van der Waals surface area contributed by atoms with E-state index in [2.05, 4.69) is 41.6 Å². The van der Waals surface area contributed by atoms with E-state index in [1.54, 1.807) is 0 Å². The van der Waals surface area contributed by atoms with E-state index in [0.717, 1.165) is 4.68 Å². The zero-order valence-electron chi connectivity index (χ0n) is 21.8. The van der Waals surface area contributed by atoms with Crippen molar-refractivity contribution < 1.29 is 40.7 Å². The van der Waals surface area contributed by atoms with Crippen LogP contribution in [0.5, 0.6) is 0 Å². The first-order valence-electron chi connectivity index (χ1n) is 12.0. The Labute approximate surface area is 242 Å². The fourth-order valence-electron chi connectivity index (χ4n) is 3.93. The van der Waals surface area contributed by atoms with Gasteiger partial charge in [0.25, 0.3) is 11.8 Å². The maximum atomic E-state index is 14.0. The molecule has 42 heavy (non-hydrogen) atoms. The van der Waals surface area contributed by atoms with Gasteiger partial charge in [-0.25, -0.2) is 4.98 Å². The Kier molecular flexibility index (Phi) is 8.87. The standard InChI is InChI=1S/C26H21BrF6N6O3/c1-13-21(37-24(41)18-10-20(25(28,29)30)36-19-6-4-15(27)9-17(18)19)22(26(31,32)33)38-39(13)12-16-5-3-14(11-35-16)23(40)34-7-8-42-2/h3-6,9-11H,7-8,12H2,1-2H3,(H,34,40)(H,37,41). The number of ether oxygens (including phenoxy) is 1. The molecule has 3 aromatic heterocycles. The summed E-state index contributed by atoms with van der Waals surface area (Å²) in [6, 6.07) is 7.34. The Balaban J connectivity index is 1.67. The number of carbonyl (C=O) groups is 2. The van der Waals surface area contributed by atoms with E-state index >= 15 is 0 Å². The first kappa shape index (κ1) is 30.9. The Morgan fingerprint density at radius 1 is 1.02 bits per heavy atom. The maximum absolute atomic E-state index is 14.0. The third-order valence-corrected chi connectivity index (χ3v) is 6.50. The highest BCUT2D eigenvalue weighted by atomic mass is 79.9. The number of pyridine rings is 2. The molecule has 4 aromatic rings. The first-order chi connectivity index (χ1) is 19.7. The minimum absolute atomic E-state index is 0.0102. The molecular formula is C26H21BrF6N6O3. The number of hydrogen-bond acceptors (Lipinski definition) is 6. The van der Waals surface area contributed by atoms with E-state index in [4.69, 9.17) is 4.74 Å². The van der Waals surface area contributed by atoms with Crippen molar-refractivity contribution in [2.24, 2.45) is 0 Å². The second kappa shape index (κ2) is 12.1. The average molecular weight is 659 g/mol. The van der Waals surface area contributed by atoms with Crippen LogP contribution in [0.4, 0.5) is 32.0 Å². The van der Waals surface area contributed by atoms with Gasteiger partial charge in [-0.3, -0.25) is 19.3 Å². The second-order valence-electron chi connectivity index (χ2n) is 8.92. The number of fused-ring (bicyclic) bond motifs is 1. The van der Waals surface area contributed by atoms with Gasteiger partial charge in [-0.05, 0) is 43.3 Å². The van der Waals surface area contributed by atoms with Crippen molar-refractivity contribution in [2.75, 3.05) is 25.6 Å². The number of methoxy groups -OCH3 is 1. The highest BCUT2D eigenvalue weighted by Crippen LogP contribution is 2.37. The number of halogens is 7. The second-order valence-corrected chi connectivity index (χ2v) is 9.84. The summed E-state index contributed by atoms with van der Waals surface area (Å²) >= 11 is 3.17. The molecule has 0 radical (unpaired) electrons. The number of amides is 2. The predicted molar refractivity (Wildman–Crippen MR) is 142 cm³/mol. The van der Waals surface area contributed by atoms with Crippen LogP contribution in [0.2, 0.25) is 0 Å². The largest absolute Gasteiger partial charge is 0.437 e. The van der Waals surface area contributed by atoms with Crippen LogP contribution in [0, 0.1) is 6.92 Å². The molecule has 0 fully saturated rings. The summed E-state index contributed by atoms with van der Waals surface area (Å²) < 4.78 is 88.6. The Morgan fingerprint density at radius 2 is 1.76 bits per heavy atom. The molecule has 0 atom stereocenters. The van der Waals surface area contributed by atoms with Crippen LogP contribution >= 0.6 is 15.9 Å². The molecule has 2 amide bonds. The van der Waals surface area contributed by atoms with E-state index in [9.17, 15) is 35.9 Å². The van der Waals surface area contributed by atoms with Crippen molar-refractivity contribution in [3.05, 3.63) is 81.0 Å². The van der Waals surface area contributed by atoms with E-state index < -0.39 is 46.8 Å². The van der Waals surface area contributed by atoms with E-state index in [1.165, 1.54) is 50.6 Å². The monoisotopic (exact) mass is 658 g/mol. The molecule has 0 saturated heterocycles. The Bertz CT molecular complexity index is 1640. The van der Waals surface area contributed by atoms with E-state index in [1.807, 2.05) is 0 Å². The van der Waals surface area contributed by atoms with Crippen molar-refractivity contribution in [1.82, 2.24) is 25.1 Å². The molecule has 222 valence electrons. The van der Waals surface area contributed by atoms with E-state index in [0.29, 0.717) is 17.1 Å². The van der Waals surface area contributed by atoms with Crippen LogP contribution in [-0.4, -0.2) is 51.8 Å². The minimum atomic E-state index is -5.02. The van der Waals surface area contributed by atoms with Crippen LogP contribution in [0.1, 0.15) is 43.5 Å². The summed E-state index contributed by atoms with van der Waals surface area (Å²) in [7, 11) is 1.48. The lowest BCUT2D eigenvalue weighted by molar-refractivity contribution is -0.141. The third kappa shape index (κ3) is 6.87. The molecular weight excluding hydrogens is 638 g/mol. The molecule has 9 nitrogen and oxygen atoms in total. The van der Waals surface area contributed by atoms with Crippen LogP contribution in [0.3, 0.4) is 0 Å². The van der Waals surface area contributed by atoms with E-state index in [-0.39, 0.29) is 40.9 Å². The predicted octanol–water partition coefficient (Wildman–Crippen LogP) is 5.61. The number of nitrogens with one attached hydrogen (secondary N) is 2. The van der Waals surface area contributed by atoms with Crippen molar-refractivity contribution in [3.63, 3.8) is 0 Å². The van der Waals surface area contributed by atoms with Gasteiger partial charge >= 0.3 is 12.4 Å². The van der Waals surface area contributed by atoms with Crippen LogP contribution in [-0.2, 0) is 23.6 Å². The maximum Gasteiger partial charge on any atom is 0.437 e. The van der Waals surface area contributed by atoms with Gasteiger partial charge in [-0.1, -0.05) is 15.9 Å². The smallest absolute Gasteiger partial charge is 0.383 e. The number of hydrogen-bond donors (Lipinski definition) is 2. The summed E-state index contributed by atoms with van der Waals surface area (Å²) in [5, 5.41) is 8.32. The SMILES string of the molecule is COCCNC(=O)c1ccc(Cn2nc(C(F)(F)F)c(NC(=O)c3cc(C(F)(F)F)nc4ccc(Br)cc34)c2C)nc1. The van der Waals surface area contributed by atoms with Crippen molar-refractivity contribution in [1.29, 1.82) is 0 Å². The fraction of sp³-hybridized carbons (Fsp3) is 0.269. The molecule has 0 spiro atoms. The molecule has 0 aliphatic carbocycles. The lowest BCUT2D eigenvalue weighted by Crippen LogP contribution is -2.27. The van der Waals surface area contributed by atoms with Gasteiger partial charge in [0.1, 0.15) is 5.69 Å². The molecule has 0 saturated carbocycles. The van der Waals surface area contributed by atoms with Crippen molar-refractivity contribution in [3.8, 4) is 0 Å². The van der Waals surface area contributed by atoms with Crippen LogP contribution in [0.25, 0.3) is 10.9 Å². The van der Waals surface area contributed by atoms with Gasteiger partial charge in [-0.15, -0.1) is 0 Å². The third-order valence-electron chi connectivity index (χ3n) is 6.01. The van der Waals surface area contributed by atoms with Gasteiger partial charge in [0.2, 0.25) is 0 Å². The topological polar surface area (TPSA) is 111 Å². The number of benzene rings is 1. The van der Waals surface area contributed by atoms with Crippen LogP contribution < -0.4 is 10.6 Å². The quantitative estimate of drug-likeness (QED) is 0.188. The molecule has 0 bridgehead atoms. The minimum Gasteiger partial charge on any atom is -0.383 e. The Hall–Kier alpha value is -4.05. The number of carbonyl (C=O) groups excluding carboxylic acids is 2. The molecule has 0 aliphatic rings. The number of anilines is 1. The molecule has 16 heteroatoms. The van der Waals surface area contributed by atoms with Gasteiger partial charge in [0.15, 0.2) is 5.69 Å². The number of rotatable bonds is 8. The lowest BCUT2D eigenvalue weighted by atomic mass is 10.1. The highest BCUT2D eigenvalue weighted by Gasteiger charge is 2.40. The summed E-state index contributed by atoms with van der Waals surface area (Å²) in [4.78, 5) is 33.0. The zero-order valence-corrected chi connectivity index (χ0v) is 23.4. The number of nitrogens with zero attached hydrogens (tertiary/aromatic N) is 4. The van der Waals surface area contributed by atoms with Crippen molar-refractivity contribution in [2.45, 2.75) is 25.8 Å². The average Bonchev–Trinajstić information content (AvgIpc) is 3.23. The van der Waals surface area contributed by atoms with Gasteiger partial charge in [-0.2, -0.15) is 31.4 Å². The molecule has 1 aromatic carbocycles. The number of aromatic nitrogens is 4. The molecule has 4 rings (SSSR count). The normalized spacial score (nSPS) is 12.0. The zero-order chi connectivity index (χ0) is 30.8.